The van der Waals surface area contributed by atoms with Crippen molar-refractivity contribution in [2.75, 3.05) is 19.5 Å². The van der Waals surface area contributed by atoms with E-state index >= 15 is 0 Å². The largest absolute Gasteiger partial charge is 0.493 e. The lowest BCUT2D eigenvalue weighted by Crippen LogP contribution is -2.01. The van der Waals surface area contributed by atoms with Crippen LogP contribution in [-0.2, 0) is 0 Å². The number of hydrogen-bond acceptors (Lipinski definition) is 7. The zero-order valence-electron chi connectivity index (χ0n) is 14.3. The van der Waals surface area contributed by atoms with Crippen molar-refractivity contribution in [3.63, 3.8) is 0 Å². The maximum absolute atomic E-state index is 11.9. The number of nitrogens with zero attached hydrogens (tertiary/aromatic N) is 3. The average molecular weight is 348 g/mol. The summed E-state index contributed by atoms with van der Waals surface area (Å²) in [5.74, 6) is 1.49. The number of methoxy groups -OCH3 is 2. The molecule has 0 spiro atoms. The van der Waals surface area contributed by atoms with Gasteiger partial charge in [0.2, 0.25) is 0 Å². The molecule has 0 saturated carbocycles. The van der Waals surface area contributed by atoms with Crippen LogP contribution in [0.5, 0.6) is 11.5 Å². The van der Waals surface area contributed by atoms with Crippen molar-refractivity contribution in [2.45, 2.75) is 6.42 Å². The molecule has 0 fully saturated rings. The van der Waals surface area contributed by atoms with Crippen LogP contribution in [0.15, 0.2) is 42.7 Å². The summed E-state index contributed by atoms with van der Waals surface area (Å²) in [5.41, 5.74) is 1.84. The van der Waals surface area contributed by atoms with Gasteiger partial charge in [0.15, 0.2) is 17.3 Å². The Morgan fingerprint density at radius 1 is 1.15 bits per heavy atom. The highest BCUT2D eigenvalue weighted by Crippen LogP contribution is 2.34. The number of aromatic nitrogens is 2. The summed E-state index contributed by atoms with van der Waals surface area (Å²) in [5, 5.41) is 12.6. The second-order valence-corrected chi connectivity index (χ2v) is 5.41. The van der Waals surface area contributed by atoms with E-state index < -0.39 is 0 Å². The van der Waals surface area contributed by atoms with Crippen molar-refractivity contribution in [1.29, 1.82) is 5.26 Å². The Bertz CT molecular complexity index is 1010. The molecule has 1 aromatic heterocycles. The van der Waals surface area contributed by atoms with E-state index in [9.17, 15) is 4.79 Å². The van der Waals surface area contributed by atoms with Crippen LogP contribution >= 0.6 is 0 Å². The molecule has 0 atom stereocenters. The second-order valence-electron chi connectivity index (χ2n) is 5.41. The SMILES string of the molecule is COc1cc2ncnc(Nc3cccc(C(=O)CC#N)c3)c2cc1OC. The zero-order valence-corrected chi connectivity index (χ0v) is 14.3. The van der Waals surface area contributed by atoms with Gasteiger partial charge < -0.3 is 14.8 Å². The fraction of sp³-hybridized carbons (Fsp3) is 0.158. The van der Waals surface area contributed by atoms with Gasteiger partial charge in [-0.05, 0) is 18.2 Å². The molecule has 1 N–H and O–H groups in total. The molecule has 0 unspecified atom stereocenters. The number of ketones is 1. The molecule has 26 heavy (non-hydrogen) atoms. The van der Waals surface area contributed by atoms with Crippen LogP contribution in [-0.4, -0.2) is 30.0 Å². The van der Waals surface area contributed by atoms with Gasteiger partial charge in [0.05, 0.1) is 32.2 Å². The molecule has 0 radical (unpaired) electrons. The number of Topliss-reactive ketones (excluding diaryl/α,β-unsaturated/α-hetero) is 1. The Labute approximate surface area is 150 Å². The van der Waals surface area contributed by atoms with Crippen LogP contribution in [0.25, 0.3) is 10.9 Å². The number of carbonyl (C=O) groups is 1. The van der Waals surface area contributed by atoms with E-state index in [2.05, 4.69) is 15.3 Å². The van der Waals surface area contributed by atoms with Crippen molar-refractivity contribution >= 4 is 28.2 Å². The average Bonchev–Trinajstić information content (AvgIpc) is 2.67. The smallest absolute Gasteiger partial charge is 0.176 e. The van der Waals surface area contributed by atoms with Crippen LogP contribution < -0.4 is 14.8 Å². The first-order valence-electron chi connectivity index (χ1n) is 7.80. The lowest BCUT2D eigenvalue weighted by molar-refractivity contribution is 0.0998. The van der Waals surface area contributed by atoms with Crippen molar-refractivity contribution in [3.05, 3.63) is 48.3 Å². The van der Waals surface area contributed by atoms with E-state index in [1.807, 2.05) is 12.1 Å². The van der Waals surface area contributed by atoms with Crippen LogP contribution in [0.2, 0.25) is 0 Å². The number of benzene rings is 2. The van der Waals surface area contributed by atoms with E-state index in [1.165, 1.54) is 6.33 Å². The summed E-state index contributed by atoms with van der Waals surface area (Å²) in [7, 11) is 3.12. The third-order valence-electron chi connectivity index (χ3n) is 3.83. The molecule has 7 heteroatoms. The summed E-state index contributed by atoms with van der Waals surface area (Å²) < 4.78 is 10.6. The molecule has 0 aliphatic heterocycles. The number of ether oxygens (including phenoxy) is 2. The van der Waals surface area contributed by atoms with Gasteiger partial charge in [-0.15, -0.1) is 0 Å². The summed E-state index contributed by atoms with van der Waals surface area (Å²) >= 11 is 0. The van der Waals surface area contributed by atoms with E-state index in [0.717, 1.165) is 5.39 Å². The van der Waals surface area contributed by atoms with Gasteiger partial charge in [0.25, 0.3) is 0 Å². The number of carbonyl (C=O) groups excluding carboxylic acids is 1. The third-order valence-corrected chi connectivity index (χ3v) is 3.83. The monoisotopic (exact) mass is 348 g/mol. The van der Waals surface area contributed by atoms with Crippen LogP contribution in [0.4, 0.5) is 11.5 Å². The lowest BCUT2D eigenvalue weighted by atomic mass is 10.1. The maximum Gasteiger partial charge on any atom is 0.176 e. The Kier molecular flexibility index (Phi) is 4.94. The normalized spacial score (nSPS) is 10.2. The van der Waals surface area contributed by atoms with Crippen molar-refractivity contribution in [2.24, 2.45) is 0 Å². The highest BCUT2D eigenvalue weighted by atomic mass is 16.5. The Balaban J connectivity index is 2.00. The highest BCUT2D eigenvalue weighted by molar-refractivity contribution is 5.98. The van der Waals surface area contributed by atoms with Gasteiger partial charge in [-0.25, -0.2) is 9.97 Å². The Morgan fingerprint density at radius 3 is 2.65 bits per heavy atom. The first-order chi connectivity index (χ1) is 12.7. The standard InChI is InChI=1S/C19H16N4O3/c1-25-17-9-14-15(10-18(17)26-2)21-11-22-19(14)23-13-5-3-4-12(8-13)16(24)6-7-20/h3-5,8-11H,6H2,1-2H3,(H,21,22,23). The Morgan fingerprint density at radius 2 is 1.92 bits per heavy atom. The molecule has 3 rings (SSSR count). The van der Waals surface area contributed by atoms with Crippen molar-refractivity contribution in [1.82, 2.24) is 9.97 Å². The topological polar surface area (TPSA) is 97.1 Å². The number of anilines is 2. The molecule has 130 valence electrons. The first kappa shape index (κ1) is 17.2. The van der Waals surface area contributed by atoms with Gasteiger partial charge >= 0.3 is 0 Å². The number of nitriles is 1. The minimum absolute atomic E-state index is 0.156. The molecular weight excluding hydrogens is 332 g/mol. The van der Waals surface area contributed by atoms with Gasteiger partial charge in [0.1, 0.15) is 12.1 Å². The third kappa shape index (κ3) is 3.39. The fourth-order valence-electron chi connectivity index (χ4n) is 2.56. The molecular formula is C19H16N4O3. The van der Waals surface area contributed by atoms with Gasteiger partial charge in [-0.3, -0.25) is 4.79 Å². The zero-order chi connectivity index (χ0) is 18.5. The minimum atomic E-state index is -0.227. The summed E-state index contributed by atoms with van der Waals surface area (Å²) in [6.45, 7) is 0. The fourth-order valence-corrected chi connectivity index (χ4v) is 2.56. The lowest BCUT2D eigenvalue weighted by Gasteiger charge is -2.12. The molecule has 3 aromatic rings. The number of fused-ring (bicyclic) bond motifs is 1. The van der Waals surface area contributed by atoms with Gasteiger partial charge in [-0.2, -0.15) is 5.26 Å². The summed E-state index contributed by atoms with van der Waals surface area (Å²) in [4.78, 5) is 20.5. The van der Waals surface area contributed by atoms with E-state index in [-0.39, 0.29) is 12.2 Å². The van der Waals surface area contributed by atoms with Crippen LogP contribution in [0.1, 0.15) is 16.8 Å². The molecule has 0 saturated heterocycles. The minimum Gasteiger partial charge on any atom is -0.493 e. The molecule has 0 bridgehead atoms. The first-order valence-corrected chi connectivity index (χ1v) is 7.80. The van der Waals surface area contributed by atoms with Gasteiger partial charge in [-0.1, -0.05) is 12.1 Å². The van der Waals surface area contributed by atoms with E-state index in [0.29, 0.717) is 34.1 Å². The van der Waals surface area contributed by atoms with Crippen molar-refractivity contribution in [3.8, 4) is 17.6 Å². The predicted octanol–water partition coefficient (Wildman–Crippen LogP) is 3.49. The number of nitrogens with one attached hydrogen (secondary N) is 1. The molecule has 0 aliphatic carbocycles. The van der Waals surface area contributed by atoms with Crippen molar-refractivity contribution < 1.29 is 14.3 Å². The highest BCUT2D eigenvalue weighted by Gasteiger charge is 2.12. The Hall–Kier alpha value is -3.66. The molecule has 7 nitrogen and oxygen atoms in total. The second kappa shape index (κ2) is 7.49. The quantitative estimate of drug-likeness (QED) is 0.681. The van der Waals surface area contributed by atoms with E-state index in [1.54, 1.807) is 44.6 Å². The van der Waals surface area contributed by atoms with E-state index in [4.69, 9.17) is 14.7 Å². The molecule has 1 heterocycles. The van der Waals surface area contributed by atoms with Crippen LogP contribution in [0.3, 0.4) is 0 Å². The van der Waals surface area contributed by atoms with Crippen LogP contribution in [0, 0.1) is 11.3 Å². The number of hydrogen-bond donors (Lipinski definition) is 1. The number of rotatable bonds is 6. The maximum atomic E-state index is 11.9. The van der Waals surface area contributed by atoms with Gasteiger partial charge in [0, 0.05) is 22.7 Å². The summed E-state index contributed by atoms with van der Waals surface area (Å²) in [6.07, 6.45) is 1.29. The predicted molar refractivity (Wildman–Crippen MR) is 96.9 cm³/mol. The summed E-state index contributed by atoms with van der Waals surface area (Å²) in [6, 6.07) is 12.4. The molecule has 0 aliphatic rings. The molecule has 2 aromatic carbocycles. The molecule has 0 amide bonds.